The van der Waals surface area contributed by atoms with E-state index < -0.39 is 0 Å². The summed E-state index contributed by atoms with van der Waals surface area (Å²) in [5, 5.41) is 2.20. The van der Waals surface area contributed by atoms with E-state index >= 15 is 0 Å². The molecule has 0 saturated carbocycles. The Morgan fingerprint density at radius 2 is 2.00 bits per heavy atom. The van der Waals surface area contributed by atoms with Crippen LogP contribution in [-0.4, -0.2) is 41.4 Å². The first-order valence-corrected chi connectivity index (χ1v) is 9.77. The lowest BCUT2D eigenvalue weighted by atomic mass is 9.92. The second-order valence-electron chi connectivity index (χ2n) is 6.86. The zero-order chi connectivity index (χ0) is 16.5. The van der Waals surface area contributed by atoms with Gasteiger partial charge in [-0.15, -0.1) is 23.7 Å². The molecule has 0 aliphatic carbocycles. The topological polar surface area (TPSA) is 23.6 Å². The average Bonchev–Trinajstić information content (AvgIpc) is 3.03. The number of nitrogens with zero attached hydrogens (tertiary/aromatic N) is 2. The van der Waals surface area contributed by atoms with E-state index in [1.54, 1.807) is 4.88 Å². The van der Waals surface area contributed by atoms with Crippen LogP contribution in [0.25, 0.3) is 0 Å². The highest BCUT2D eigenvalue weighted by molar-refractivity contribution is 7.10. The molecule has 1 amide bonds. The highest BCUT2D eigenvalue weighted by Gasteiger charge is 2.38. The lowest BCUT2D eigenvalue weighted by Crippen LogP contribution is -2.62. The Bertz CT molecular complexity index is 711. The van der Waals surface area contributed by atoms with Crippen molar-refractivity contribution in [3.05, 3.63) is 57.8 Å². The molecule has 134 valence electrons. The van der Waals surface area contributed by atoms with Gasteiger partial charge in [-0.05, 0) is 35.4 Å². The Morgan fingerprint density at radius 1 is 1.24 bits per heavy atom. The minimum atomic E-state index is 0. The Morgan fingerprint density at radius 3 is 2.72 bits per heavy atom. The van der Waals surface area contributed by atoms with Crippen LogP contribution >= 0.6 is 23.7 Å². The molecule has 1 unspecified atom stereocenters. The molecule has 2 aliphatic heterocycles. The number of amides is 1. The maximum atomic E-state index is 12.9. The molecule has 0 N–H and O–H groups in total. The summed E-state index contributed by atoms with van der Waals surface area (Å²) in [6, 6.07) is 13.0. The molecule has 0 radical (unpaired) electrons. The van der Waals surface area contributed by atoms with Crippen LogP contribution in [0.3, 0.4) is 0 Å². The highest BCUT2D eigenvalue weighted by atomic mass is 35.5. The third-order valence-electron chi connectivity index (χ3n) is 5.44. The van der Waals surface area contributed by atoms with Crippen LogP contribution in [0.15, 0.2) is 41.8 Å². The van der Waals surface area contributed by atoms with Gasteiger partial charge in [0.25, 0.3) is 0 Å². The average molecular weight is 377 g/mol. The SMILES string of the molecule is CCC(C(=O)N1CC(N2CCc3sccc3C2)C1)c1ccccc1.Cl. The van der Waals surface area contributed by atoms with Crippen LogP contribution in [0.5, 0.6) is 0 Å². The fourth-order valence-corrected chi connectivity index (χ4v) is 4.80. The van der Waals surface area contributed by atoms with Gasteiger partial charge in [0.05, 0.1) is 5.92 Å². The van der Waals surface area contributed by atoms with Gasteiger partial charge in [0.2, 0.25) is 5.91 Å². The highest BCUT2D eigenvalue weighted by Crippen LogP contribution is 2.30. The number of carbonyl (C=O) groups excluding carboxylic acids is 1. The fourth-order valence-electron chi connectivity index (χ4n) is 3.91. The van der Waals surface area contributed by atoms with Gasteiger partial charge in [0.1, 0.15) is 0 Å². The molecule has 4 rings (SSSR count). The van der Waals surface area contributed by atoms with Crippen molar-refractivity contribution in [2.24, 2.45) is 0 Å². The number of carbonyl (C=O) groups is 1. The van der Waals surface area contributed by atoms with Crippen molar-refractivity contribution < 1.29 is 4.79 Å². The first kappa shape index (κ1) is 18.4. The molecule has 1 aromatic carbocycles. The lowest BCUT2D eigenvalue weighted by Gasteiger charge is -2.47. The van der Waals surface area contributed by atoms with Crippen molar-refractivity contribution >= 4 is 29.7 Å². The summed E-state index contributed by atoms with van der Waals surface area (Å²) in [6.07, 6.45) is 2.03. The summed E-state index contributed by atoms with van der Waals surface area (Å²) < 4.78 is 0. The van der Waals surface area contributed by atoms with Gasteiger partial charge in [-0.3, -0.25) is 9.69 Å². The van der Waals surface area contributed by atoms with E-state index in [4.69, 9.17) is 0 Å². The summed E-state index contributed by atoms with van der Waals surface area (Å²) in [5.41, 5.74) is 2.64. The summed E-state index contributed by atoms with van der Waals surface area (Å²) in [7, 11) is 0. The Kier molecular flexibility index (Phi) is 5.82. The van der Waals surface area contributed by atoms with Crippen molar-refractivity contribution in [3.8, 4) is 0 Å². The number of rotatable bonds is 4. The van der Waals surface area contributed by atoms with Crippen LogP contribution in [0, 0.1) is 0 Å². The maximum Gasteiger partial charge on any atom is 0.230 e. The van der Waals surface area contributed by atoms with Crippen molar-refractivity contribution in [2.45, 2.75) is 38.3 Å². The lowest BCUT2D eigenvalue weighted by molar-refractivity contribution is -0.140. The molecule has 2 aliphatic rings. The molecule has 1 atom stereocenters. The molecule has 0 bridgehead atoms. The van der Waals surface area contributed by atoms with E-state index in [1.165, 1.54) is 12.0 Å². The molecule has 1 saturated heterocycles. The quantitative estimate of drug-likeness (QED) is 0.807. The van der Waals surface area contributed by atoms with E-state index in [0.29, 0.717) is 11.9 Å². The van der Waals surface area contributed by atoms with Crippen LogP contribution in [0.1, 0.15) is 35.3 Å². The van der Waals surface area contributed by atoms with Crippen molar-refractivity contribution in [2.75, 3.05) is 19.6 Å². The summed E-state index contributed by atoms with van der Waals surface area (Å²) in [4.78, 5) is 19.0. The van der Waals surface area contributed by atoms with E-state index in [1.807, 2.05) is 29.5 Å². The largest absolute Gasteiger partial charge is 0.339 e. The van der Waals surface area contributed by atoms with Gasteiger partial charge in [-0.2, -0.15) is 0 Å². The van der Waals surface area contributed by atoms with Crippen LogP contribution in [0.4, 0.5) is 0 Å². The zero-order valence-corrected chi connectivity index (χ0v) is 16.2. The van der Waals surface area contributed by atoms with E-state index in [2.05, 4.69) is 40.3 Å². The molecule has 1 fully saturated rings. The standard InChI is InChI=1S/C20H24N2OS.ClH/c1-2-18(15-6-4-3-5-7-15)20(23)22-13-17(14-22)21-10-8-19-16(12-21)9-11-24-19;/h3-7,9,11,17-18H,2,8,10,12-14H2,1H3;1H. The minimum absolute atomic E-state index is 0. The first-order valence-electron chi connectivity index (χ1n) is 8.89. The number of halogens is 1. The van der Waals surface area contributed by atoms with Gasteiger partial charge < -0.3 is 4.90 Å². The van der Waals surface area contributed by atoms with E-state index in [-0.39, 0.29) is 18.3 Å². The monoisotopic (exact) mass is 376 g/mol. The predicted octanol–water partition coefficient (Wildman–Crippen LogP) is 3.93. The van der Waals surface area contributed by atoms with Crippen LogP contribution in [-0.2, 0) is 17.8 Å². The fraction of sp³-hybridized carbons (Fsp3) is 0.450. The first-order chi connectivity index (χ1) is 11.8. The molecule has 25 heavy (non-hydrogen) atoms. The number of fused-ring (bicyclic) bond motifs is 1. The molecule has 2 aromatic rings. The summed E-state index contributed by atoms with van der Waals surface area (Å²) in [6.45, 7) is 6.08. The zero-order valence-electron chi connectivity index (χ0n) is 14.6. The Balaban J connectivity index is 0.00000182. The van der Waals surface area contributed by atoms with E-state index in [0.717, 1.165) is 38.2 Å². The van der Waals surface area contributed by atoms with Gasteiger partial charge in [0, 0.05) is 37.1 Å². The van der Waals surface area contributed by atoms with Gasteiger partial charge in [-0.25, -0.2) is 0 Å². The molecular formula is C20H25ClN2OS. The van der Waals surface area contributed by atoms with Crippen molar-refractivity contribution in [1.29, 1.82) is 0 Å². The molecular weight excluding hydrogens is 352 g/mol. The van der Waals surface area contributed by atoms with Crippen molar-refractivity contribution in [3.63, 3.8) is 0 Å². The molecule has 3 nitrogen and oxygen atoms in total. The predicted molar refractivity (Wildman–Crippen MR) is 106 cm³/mol. The third kappa shape index (κ3) is 3.62. The van der Waals surface area contributed by atoms with Crippen LogP contribution in [0.2, 0.25) is 0 Å². The van der Waals surface area contributed by atoms with Gasteiger partial charge in [0.15, 0.2) is 0 Å². The molecule has 0 spiro atoms. The van der Waals surface area contributed by atoms with Gasteiger partial charge >= 0.3 is 0 Å². The number of thiophene rings is 1. The normalized spacial score (nSPS) is 18.8. The molecule has 3 heterocycles. The van der Waals surface area contributed by atoms with E-state index in [9.17, 15) is 4.79 Å². The maximum absolute atomic E-state index is 12.9. The molecule has 1 aromatic heterocycles. The summed E-state index contributed by atoms with van der Waals surface area (Å²) >= 11 is 1.88. The second-order valence-corrected chi connectivity index (χ2v) is 7.86. The summed E-state index contributed by atoms with van der Waals surface area (Å²) in [5.74, 6) is 0.310. The minimum Gasteiger partial charge on any atom is -0.339 e. The Hall–Kier alpha value is -1.36. The van der Waals surface area contributed by atoms with Gasteiger partial charge in [-0.1, -0.05) is 37.3 Å². The number of hydrogen-bond donors (Lipinski definition) is 0. The number of benzene rings is 1. The number of likely N-dealkylation sites (tertiary alicyclic amines) is 1. The van der Waals surface area contributed by atoms with Crippen LogP contribution < -0.4 is 0 Å². The number of hydrogen-bond acceptors (Lipinski definition) is 3. The Labute approximate surface area is 160 Å². The third-order valence-corrected chi connectivity index (χ3v) is 6.46. The smallest absolute Gasteiger partial charge is 0.230 e. The second kappa shape index (κ2) is 7.90. The van der Waals surface area contributed by atoms with Crippen molar-refractivity contribution in [1.82, 2.24) is 9.80 Å². The molecule has 5 heteroatoms.